The molecule has 3 nitrogen and oxygen atoms in total. The Bertz CT molecular complexity index is 512. The summed E-state index contributed by atoms with van der Waals surface area (Å²) in [5.74, 6) is 1.51. The van der Waals surface area contributed by atoms with Crippen LogP contribution in [0.25, 0.3) is 0 Å². The number of carbonyl (C=O) groups excluding carboxylic acids is 1. The maximum atomic E-state index is 12.1. The minimum Gasteiger partial charge on any atom is -0.345 e. The zero-order valence-electron chi connectivity index (χ0n) is 11.6. The van der Waals surface area contributed by atoms with E-state index < -0.39 is 16.2 Å². The van der Waals surface area contributed by atoms with Crippen molar-refractivity contribution in [3.63, 3.8) is 0 Å². The molecule has 0 aromatic carbocycles. The molecule has 2 rings (SSSR count). The van der Waals surface area contributed by atoms with Gasteiger partial charge in [-0.15, -0.1) is 11.6 Å². The number of aromatic nitrogens is 1. The molecule has 2 heterocycles. The summed E-state index contributed by atoms with van der Waals surface area (Å²) in [6.45, 7) is 5.71. The number of Topliss-reactive ketones (excluding diaryl/α,β-unsaturated/α-hetero) is 1. The molecule has 1 aromatic heterocycles. The van der Waals surface area contributed by atoms with Gasteiger partial charge in [0.15, 0.2) is 5.78 Å². The number of ketones is 1. The van der Waals surface area contributed by atoms with Crippen LogP contribution in [0.5, 0.6) is 0 Å². The van der Waals surface area contributed by atoms with Crippen LogP contribution in [0.3, 0.4) is 0 Å². The van der Waals surface area contributed by atoms with Gasteiger partial charge in [0.1, 0.15) is 0 Å². The summed E-state index contributed by atoms with van der Waals surface area (Å²) in [5, 5.41) is -0.493. The zero-order valence-corrected chi connectivity index (χ0v) is 13.2. The van der Waals surface area contributed by atoms with Gasteiger partial charge in [0.05, 0.1) is 5.38 Å². The van der Waals surface area contributed by atoms with E-state index in [0.717, 1.165) is 41.3 Å². The first kappa shape index (κ1) is 14.8. The van der Waals surface area contributed by atoms with Crippen LogP contribution in [-0.4, -0.2) is 31.4 Å². The lowest BCUT2D eigenvalue weighted by atomic mass is 10.1. The minimum absolute atomic E-state index is 0.0135. The van der Waals surface area contributed by atoms with Crippen LogP contribution in [0.4, 0.5) is 0 Å². The first-order valence-electron chi connectivity index (χ1n) is 6.63. The Kier molecular flexibility index (Phi) is 4.51. The number of rotatable bonds is 3. The second-order valence-corrected chi connectivity index (χ2v) is 7.57. The Hall–Kier alpha value is -0.610. The van der Waals surface area contributed by atoms with Crippen LogP contribution >= 0.6 is 11.6 Å². The van der Waals surface area contributed by atoms with E-state index in [0.29, 0.717) is 6.04 Å². The predicted octanol–water partition coefficient (Wildman–Crippen LogP) is 3.00. The van der Waals surface area contributed by atoms with Gasteiger partial charge in [0.25, 0.3) is 0 Å². The van der Waals surface area contributed by atoms with Gasteiger partial charge in [0.2, 0.25) is 0 Å². The Morgan fingerprint density at radius 2 is 2.00 bits per heavy atom. The summed E-state index contributed by atoms with van der Waals surface area (Å²) in [7, 11) is -0.659. The number of hydrogen-bond acceptors (Lipinski definition) is 2. The molecule has 0 spiro atoms. The van der Waals surface area contributed by atoms with Crippen molar-refractivity contribution in [2.75, 3.05) is 11.5 Å². The van der Waals surface area contributed by atoms with E-state index in [9.17, 15) is 9.00 Å². The highest BCUT2D eigenvalue weighted by Gasteiger charge is 2.25. The average molecular weight is 302 g/mol. The molecule has 1 atom stereocenters. The van der Waals surface area contributed by atoms with Crippen molar-refractivity contribution in [1.29, 1.82) is 0 Å². The summed E-state index contributed by atoms with van der Waals surface area (Å²) in [6.07, 6.45) is 1.85. The molecule has 1 saturated heterocycles. The van der Waals surface area contributed by atoms with Crippen molar-refractivity contribution >= 4 is 28.2 Å². The molecule has 0 aliphatic carbocycles. The first-order valence-corrected chi connectivity index (χ1v) is 8.56. The number of carbonyl (C=O) groups is 1. The Labute approximate surface area is 121 Å². The van der Waals surface area contributed by atoms with Crippen LogP contribution in [0.15, 0.2) is 6.07 Å². The number of aryl methyl sites for hydroxylation is 1. The van der Waals surface area contributed by atoms with Crippen LogP contribution in [0, 0.1) is 13.8 Å². The molecular formula is C14H20ClNO2S. The molecular weight excluding hydrogens is 282 g/mol. The van der Waals surface area contributed by atoms with Crippen molar-refractivity contribution in [3.05, 3.63) is 23.0 Å². The smallest absolute Gasteiger partial charge is 0.182 e. The summed E-state index contributed by atoms with van der Waals surface area (Å²) in [5.41, 5.74) is 2.82. The van der Waals surface area contributed by atoms with E-state index in [-0.39, 0.29) is 5.78 Å². The van der Waals surface area contributed by atoms with Crippen LogP contribution in [0.2, 0.25) is 0 Å². The van der Waals surface area contributed by atoms with Gasteiger partial charge in [-0.1, -0.05) is 0 Å². The summed E-state index contributed by atoms with van der Waals surface area (Å²) in [6, 6.07) is 2.30. The lowest BCUT2D eigenvalue weighted by Gasteiger charge is -2.26. The van der Waals surface area contributed by atoms with Crippen LogP contribution in [-0.2, 0) is 10.8 Å². The summed E-state index contributed by atoms with van der Waals surface area (Å²) < 4.78 is 13.7. The van der Waals surface area contributed by atoms with Gasteiger partial charge in [-0.3, -0.25) is 9.00 Å². The Balaban J connectivity index is 2.32. The van der Waals surface area contributed by atoms with Crippen LogP contribution in [0.1, 0.15) is 47.6 Å². The molecule has 1 unspecified atom stereocenters. The lowest BCUT2D eigenvalue weighted by molar-refractivity contribution is 0.0991. The predicted molar refractivity (Wildman–Crippen MR) is 79.7 cm³/mol. The average Bonchev–Trinajstić information content (AvgIpc) is 2.65. The highest BCUT2D eigenvalue weighted by molar-refractivity contribution is 7.85. The van der Waals surface area contributed by atoms with Crippen molar-refractivity contribution in [1.82, 2.24) is 4.57 Å². The van der Waals surface area contributed by atoms with Gasteiger partial charge in [-0.2, -0.15) is 0 Å². The SMILES string of the molecule is Cc1cc(C(=O)C(C)Cl)c(C)n1C1CCS(=O)CC1. The van der Waals surface area contributed by atoms with Crippen molar-refractivity contribution in [2.24, 2.45) is 0 Å². The summed E-state index contributed by atoms with van der Waals surface area (Å²) in [4.78, 5) is 12.1. The van der Waals surface area contributed by atoms with Crippen molar-refractivity contribution < 1.29 is 9.00 Å². The largest absolute Gasteiger partial charge is 0.345 e. The molecule has 19 heavy (non-hydrogen) atoms. The van der Waals surface area contributed by atoms with Crippen LogP contribution < -0.4 is 0 Å². The normalized spacial score (nSPS) is 25.3. The third kappa shape index (κ3) is 2.95. The van der Waals surface area contributed by atoms with E-state index in [4.69, 9.17) is 11.6 Å². The monoisotopic (exact) mass is 301 g/mol. The quantitative estimate of drug-likeness (QED) is 0.636. The topological polar surface area (TPSA) is 39.1 Å². The molecule has 106 valence electrons. The van der Waals surface area contributed by atoms with Gasteiger partial charge in [0, 0.05) is 45.3 Å². The lowest BCUT2D eigenvalue weighted by Crippen LogP contribution is -2.23. The molecule has 5 heteroatoms. The zero-order chi connectivity index (χ0) is 14.2. The molecule has 1 aliphatic rings. The highest BCUT2D eigenvalue weighted by Crippen LogP contribution is 2.29. The standard InChI is InChI=1S/C14H20ClNO2S/c1-9-8-13(14(17)10(2)15)11(3)16(9)12-4-6-19(18)7-5-12/h8,10,12H,4-7H2,1-3H3. The highest BCUT2D eigenvalue weighted by atomic mass is 35.5. The fourth-order valence-electron chi connectivity index (χ4n) is 2.84. The van der Waals surface area contributed by atoms with E-state index in [2.05, 4.69) is 4.57 Å². The number of halogens is 1. The third-order valence-electron chi connectivity index (χ3n) is 3.83. The maximum Gasteiger partial charge on any atom is 0.182 e. The minimum atomic E-state index is -0.659. The molecule has 1 aliphatic heterocycles. The summed E-state index contributed by atoms with van der Waals surface area (Å²) >= 11 is 5.90. The van der Waals surface area contributed by atoms with E-state index >= 15 is 0 Å². The molecule has 0 saturated carbocycles. The van der Waals surface area contributed by atoms with Gasteiger partial charge < -0.3 is 4.57 Å². The maximum absolute atomic E-state index is 12.1. The fraction of sp³-hybridized carbons (Fsp3) is 0.643. The van der Waals surface area contributed by atoms with Gasteiger partial charge in [-0.05, 0) is 39.7 Å². The Morgan fingerprint density at radius 3 is 2.53 bits per heavy atom. The fourth-order valence-corrected chi connectivity index (χ4v) is 4.23. The van der Waals surface area contributed by atoms with Crippen molar-refractivity contribution in [3.8, 4) is 0 Å². The third-order valence-corrected chi connectivity index (χ3v) is 5.41. The van der Waals surface area contributed by atoms with E-state index in [1.165, 1.54) is 0 Å². The second kappa shape index (κ2) is 5.80. The number of alkyl halides is 1. The molecule has 0 bridgehead atoms. The van der Waals surface area contributed by atoms with E-state index in [1.54, 1.807) is 6.92 Å². The molecule has 0 N–H and O–H groups in total. The Morgan fingerprint density at radius 1 is 1.42 bits per heavy atom. The molecule has 0 radical (unpaired) electrons. The molecule has 0 amide bonds. The second-order valence-electron chi connectivity index (χ2n) is 5.21. The van der Waals surface area contributed by atoms with Gasteiger partial charge >= 0.3 is 0 Å². The number of hydrogen-bond donors (Lipinski definition) is 0. The number of nitrogens with zero attached hydrogens (tertiary/aromatic N) is 1. The molecule has 1 fully saturated rings. The molecule has 1 aromatic rings. The van der Waals surface area contributed by atoms with Crippen molar-refractivity contribution in [2.45, 2.75) is 45.0 Å². The first-order chi connectivity index (χ1) is 8.91. The van der Waals surface area contributed by atoms with Gasteiger partial charge in [-0.25, -0.2) is 0 Å². The van der Waals surface area contributed by atoms with E-state index in [1.807, 2.05) is 19.9 Å².